The molecule has 0 amide bonds. The van der Waals surface area contributed by atoms with Crippen molar-refractivity contribution >= 4 is 27.3 Å². The molecule has 168 valence electrons. The molecule has 29 heavy (non-hydrogen) atoms. The average molecular weight is 449 g/mol. The Morgan fingerprint density at radius 1 is 1.21 bits per heavy atom. The Labute approximate surface area is 176 Å². The van der Waals surface area contributed by atoms with Crippen LogP contribution in [0.25, 0.3) is 5.53 Å². The van der Waals surface area contributed by atoms with Crippen molar-refractivity contribution in [3.63, 3.8) is 0 Å². The summed E-state index contributed by atoms with van der Waals surface area (Å²) in [5.41, 5.74) is 9.26. The van der Waals surface area contributed by atoms with Gasteiger partial charge in [-0.25, -0.2) is 9.36 Å². The number of carbonyl (C=O) groups excluding carboxylic acids is 1. The number of esters is 1. The molecule has 0 saturated heterocycles. The van der Waals surface area contributed by atoms with E-state index in [9.17, 15) is 14.9 Å². The van der Waals surface area contributed by atoms with Crippen molar-refractivity contribution in [1.29, 1.82) is 0 Å². The number of hydrogen-bond donors (Lipinski definition) is 0. The maximum Gasteiger partial charge on any atom is 0.442 e. The minimum Gasteiger partial charge on any atom is -0.466 e. The summed E-state index contributed by atoms with van der Waals surface area (Å²) >= 11 is 0. The zero-order valence-corrected chi connectivity index (χ0v) is 21.2. The third kappa shape index (κ3) is 8.66. The summed E-state index contributed by atoms with van der Waals surface area (Å²) in [6.07, 6.45) is 1.51. The summed E-state index contributed by atoms with van der Waals surface area (Å²) in [6.45, 7) is 16.7. The molecule has 0 rings (SSSR count). The molecule has 0 aromatic rings. The van der Waals surface area contributed by atoms with Crippen LogP contribution in [-0.4, -0.2) is 51.5 Å². The fraction of sp³-hybridized carbons (Fsp3) is 0.789. The second-order valence-electron chi connectivity index (χ2n) is 8.33. The monoisotopic (exact) mass is 448 g/mol. The van der Waals surface area contributed by atoms with E-state index in [2.05, 4.69) is 38.7 Å². The van der Waals surface area contributed by atoms with E-state index in [1.165, 1.54) is 13.2 Å². The van der Waals surface area contributed by atoms with E-state index in [0.29, 0.717) is 13.0 Å². The van der Waals surface area contributed by atoms with Gasteiger partial charge in [-0.15, -0.1) is 0 Å². The Bertz CT molecular complexity index is 671. The molecule has 0 saturated carbocycles. The first kappa shape index (κ1) is 27.9. The molecule has 0 bridgehead atoms. The van der Waals surface area contributed by atoms with Crippen molar-refractivity contribution in [3.05, 3.63) is 17.2 Å². The maximum atomic E-state index is 12.9. The molecule has 0 radical (unpaired) electrons. The fourth-order valence-corrected chi connectivity index (χ4v) is 4.74. The first-order valence-corrected chi connectivity index (χ1v) is 14.3. The van der Waals surface area contributed by atoms with Crippen LogP contribution in [0.5, 0.6) is 0 Å². The van der Waals surface area contributed by atoms with Gasteiger partial charge in [-0.05, 0) is 44.3 Å². The molecule has 0 aliphatic carbocycles. The van der Waals surface area contributed by atoms with Crippen LogP contribution in [0.2, 0.25) is 18.1 Å². The van der Waals surface area contributed by atoms with Gasteiger partial charge < -0.3 is 23.7 Å². The van der Waals surface area contributed by atoms with Crippen LogP contribution in [0.15, 0.2) is 11.6 Å². The lowest BCUT2D eigenvalue weighted by atomic mass is 10.0. The van der Waals surface area contributed by atoms with Gasteiger partial charge in [0.1, 0.15) is 0 Å². The second-order valence-corrected chi connectivity index (χ2v) is 15.1. The number of rotatable bonds is 12. The topological polar surface area (TPSA) is 107 Å². The minimum atomic E-state index is -3.85. The van der Waals surface area contributed by atoms with Crippen molar-refractivity contribution in [1.82, 2.24) is 0 Å². The number of allylic oxidation sites excluding steroid dienone is 1. The first-order chi connectivity index (χ1) is 13.3. The Kier molecular flexibility index (Phi) is 11.5. The quantitative estimate of drug-likeness (QED) is 0.0788. The molecule has 0 aliphatic heterocycles. The molecule has 0 aromatic heterocycles. The van der Waals surface area contributed by atoms with E-state index < -0.39 is 21.9 Å². The molecule has 0 aromatic carbocycles. The van der Waals surface area contributed by atoms with Gasteiger partial charge in [0.05, 0.1) is 20.3 Å². The predicted molar refractivity (Wildman–Crippen MR) is 117 cm³/mol. The summed E-state index contributed by atoms with van der Waals surface area (Å²) in [7, 11) is -4.52. The Balaban J connectivity index is 5.63. The van der Waals surface area contributed by atoms with E-state index in [-0.39, 0.29) is 35.2 Å². The molecular formula is C19H37N2O6PSi. The number of methoxy groups -OCH3 is 1. The third-order valence-electron chi connectivity index (χ3n) is 4.84. The minimum absolute atomic E-state index is 0.0204. The van der Waals surface area contributed by atoms with Crippen molar-refractivity contribution in [2.75, 3.05) is 26.9 Å². The Morgan fingerprint density at radius 2 is 1.72 bits per heavy atom. The normalized spacial score (nSPS) is 14.3. The van der Waals surface area contributed by atoms with Gasteiger partial charge in [-0.3, -0.25) is 0 Å². The lowest BCUT2D eigenvalue weighted by Gasteiger charge is -2.37. The first-order valence-electron chi connectivity index (χ1n) is 9.82. The van der Waals surface area contributed by atoms with Gasteiger partial charge >= 0.3 is 19.0 Å². The standard InChI is InChI=1S/C19H37N2O6PSi/c1-10-25-28(23,26-11-2)17(21-20)13-16(18(22)24-7)12-15(3)14-27-29(8,9)19(4,5)6/h13,15H,10-12,14H2,1-9H3/b16-13+/t15-/m0/s1. The second kappa shape index (κ2) is 11.9. The fourth-order valence-electron chi connectivity index (χ4n) is 2.16. The van der Waals surface area contributed by atoms with Crippen LogP contribution in [0.3, 0.4) is 0 Å². The molecule has 0 aliphatic rings. The summed E-state index contributed by atoms with van der Waals surface area (Å²) in [5.74, 6) is -0.627. The summed E-state index contributed by atoms with van der Waals surface area (Å²) < 4.78 is 34.4. The van der Waals surface area contributed by atoms with Gasteiger partial charge in [-0.1, -0.05) is 27.7 Å². The smallest absolute Gasteiger partial charge is 0.442 e. The average Bonchev–Trinajstić information content (AvgIpc) is 2.62. The summed E-state index contributed by atoms with van der Waals surface area (Å²) in [5, 5.41) is 0.0755. The summed E-state index contributed by atoms with van der Waals surface area (Å²) in [6, 6.07) is 0. The van der Waals surface area contributed by atoms with Crippen LogP contribution in [-0.2, 0) is 27.6 Å². The molecule has 8 nitrogen and oxygen atoms in total. The van der Waals surface area contributed by atoms with Crippen LogP contribution in [0, 0.1) is 5.92 Å². The zero-order valence-electron chi connectivity index (χ0n) is 19.3. The van der Waals surface area contributed by atoms with E-state index in [4.69, 9.17) is 18.2 Å². The molecule has 0 fully saturated rings. The lowest BCUT2D eigenvalue weighted by molar-refractivity contribution is -0.136. The molecular weight excluding hydrogens is 411 g/mol. The van der Waals surface area contributed by atoms with Crippen LogP contribution >= 0.6 is 7.60 Å². The highest BCUT2D eigenvalue weighted by atomic mass is 31.2. The number of carbonyl (C=O) groups is 1. The Hall–Kier alpha value is -1.08. The number of hydrogen-bond acceptors (Lipinski definition) is 6. The van der Waals surface area contributed by atoms with Gasteiger partial charge in [0.25, 0.3) is 0 Å². The van der Waals surface area contributed by atoms with Crippen molar-refractivity contribution < 1.29 is 32.4 Å². The third-order valence-corrected chi connectivity index (χ3v) is 11.3. The van der Waals surface area contributed by atoms with Gasteiger partial charge in [0, 0.05) is 18.3 Å². The van der Waals surface area contributed by atoms with Crippen LogP contribution in [0.1, 0.15) is 48.0 Å². The van der Waals surface area contributed by atoms with E-state index in [1.807, 2.05) is 6.92 Å². The van der Waals surface area contributed by atoms with E-state index in [0.717, 1.165) is 0 Å². The van der Waals surface area contributed by atoms with Gasteiger partial charge in [-0.2, -0.15) is 4.79 Å². The van der Waals surface area contributed by atoms with Gasteiger partial charge in [0.2, 0.25) is 0 Å². The molecule has 0 spiro atoms. The lowest BCUT2D eigenvalue weighted by Crippen LogP contribution is -2.41. The van der Waals surface area contributed by atoms with Gasteiger partial charge in [0.15, 0.2) is 8.32 Å². The predicted octanol–water partition coefficient (Wildman–Crippen LogP) is 5.03. The molecule has 0 heterocycles. The SMILES string of the molecule is CCOP(=O)(OCC)C(/C=C(\C[C@H](C)CO[Si](C)(C)C(C)(C)C)C(=O)OC)=[N+]=[N-]. The highest BCUT2D eigenvalue weighted by Crippen LogP contribution is 2.49. The van der Waals surface area contributed by atoms with Crippen LogP contribution < -0.4 is 0 Å². The molecule has 0 unspecified atom stereocenters. The van der Waals surface area contributed by atoms with Crippen molar-refractivity contribution in [3.8, 4) is 0 Å². The molecule has 1 atom stereocenters. The highest BCUT2D eigenvalue weighted by Gasteiger charge is 2.40. The van der Waals surface area contributed by atoms with Crippen molar-refractivity contribution in [2.24, 2.45) is 5.92 Å². The summed E-state index contributed by atoms with van der Waals surface area (Å²) in [4.78, 5) is 15.3. The largest absolute Gasteiger partial charge is 0.466 e. The van der Waals surface area contributed by atoms with Crippen LogP contribution in [0.4, 0.5) is 0 Å². The van der Waals surface area contributed by atoms with E-state index in [1.54, 1.807) is 13.8 Å². The molecule has 0 N–H and O–H groups in total. The van der Waals surface area contributed by atoms with E-state index >= 15 is 0 Å². The highest BCUT2D eigenvalue weighted by molar-refractivity contribution is 7.72. The number of nitrogens with zero attached hydrogens (tertiary/aromatic N) is 2. The Morgan fingerprint density at radius 3 is 2.10 bits per heavy atom. The number of ether oxygens (including phenoxy) is 1. The van der Waals surface area contributed by atoms with Crippen molar-refractivity contribution in [2.45, 2.75) is 66.1 Å². The zero-order chi connectivity index (χ0) is 22.9. The molecule has 10 heteroatoms. The maximum absolute atomic E-state index is 12.9.